The van der Waals surface area contributed by atoms with Crippen LogP contribution in [0.4, 0.5) is 0 Å². The van der Waals surface area contributed by atoms with Gasteiger partial charge in [0.2, 0.25) is 0 Å². The molecule has 0 amide bonds. The van der Waals surface area contributed by atoms with Gasteiger partial charge in [0.1, 0.15) is 11.5 Å². The molecular weight excluding hydrogens is 375 g/mol. The fourth-order valence-corrected chi connectivity index (χ4v) is 4.03. The maximum Gasteiger partial charge on any atom is 0.143 e. The minimum atomic E-state index is 0.672. The lowest BCUT2D eigenvalue weighted by Gasteiger charge is -2.25. The van der Waals surface area contributed by atoms with Crippen LogP contribution in [0.5, 0.6) is 5.75 Å². The minimum absolute atomic E-state index is 0.672. The number of benzene rings is 4. The fraction of sp³-hybridized carbons (Fsp3) is 0. The Labute approximate surface area is 167 Å². The van der Waals surface area contributed by atoms with Crippen molar-refractivity contribution in [2.75, 3.05) is 0 Å². The third-order valence-corrected chi connectivity index (χ3v) is 5.25. The van der Waals surface area contributed by atoms with Crippen molar-refractivity contribution in [2.24, 2.45) is 0 Å². The number of ether oxygens (including phenoxy) is 1. The second kappa shape index (κ2) is 6.45. The van der Waals surface area contributed by atoms with E-state index in [0.717, 1.165) is 44.5 Å². The molecule has 5 rings (SSSR count). The summed E-state index contributed by atoms with van der Waals surface area (Å²) in [5.74, 6) is 1.63. The van der Waals surface area contributed by atoms with Gasteiger partial charge in [-0.25, -0.2) is 0 Å². The van der Waals surface area contributed by atoms with E-state index in [0.29, 0.717) is 10.0 Å². The quantitative estimate of drug-likeness (QED) is 0.346. The van der Waals surface area contributed by atoms with Gasteiger partial charge in [0.15, 0.2) is 0 Å². The van der Waals surface area contributed by atoms with Crippen LogP contribution in [0.3, 0.4) is 0 Å². The van der Waals surface area contributed by atoms with E-state index in [-0.39, 0.29) is 0 Å². The van der Waals surface area contributed by atoms with Gasteiger partial charge in [0.05, 0.1) is 0 Å². The van der Waals surface area contributed by atoms with Crippen molar-refractivity contribution in [1.82, 2.24) is 0 Å². The first-order valence-corrected chi connectivity index (χ1v) is 9.42. The molecule has 1 aliphatic rings. The van der Waals surface area contributed by atoms with Crippen molar-refractivity contribution in [3.8, 4) is 5.75 Å². The van der Waals surface area contributed by atoms with E-state index in [2.05, 4.69) is 30.3 Å². The van der Waals surface area contributed by atoms with Gasteiger partial charge < -0.3 is 4.74 Å². The summed E-state index contributed by atoms with van der Waals surface area (Å²) in [5, 5.41) is 3.62. The van der Waals surface area contributed by atoms with E-state index in [1.165, 1.54) is 0 Å². The molecule has 0 aliphatic carbocycles. The molecule has 0 spiro atoms. The standard InChI is InChI=1S/C24H14Cl2O/c25-18-9-1-7-16(13-18)23-20-11-3-5-15-6-4-12-21(22(15)20)27-24(23)17-8-2-10-19(26)14-17/h1-14H. The first-order chi connectivity index (χ1) is 13.2. The zero-order valence-electron chi connectivity index (χ0n) is 14.2. The molecule has 4 aromatic carbocycles. The summed E-state index contributed by atoms with van der Waals surface area (Å²) in [6, 6.07) is 28.0. The topological polar surface area (TPSA) is 9.23 Å². The highest BCUT2D eigenvalue weighted by Crippen LogP contribution is 2.45. The van der Waals surface area contributed by atoms with Crippen molar-refractivity contribution in [1.29, 1.82) is 0 Å². The molecule has 0 bridgehead atoms. The predicted octanol–water partition coefficient (Wildman–Crippen LogP) is 7.46. The molecule has 1 aliphatic heterocycles. The largest absolute Gasteiger partial charge is 0.455 e. The van der Waals surface area contributed by atoms with Gasteiger partial charge in [-0.1, -0.05) is 77.8 Å². The fourth-order valence-electron chi connectivity index (χ4n) is 3.65. The molecule has 0 N–H and O–H groups in total. The average molecular weight is 389 g/mol. The molecule has 3 heteroatoms. The average Bonchev–Trinajstić information content (AvgIpc) is 2.68. The zero-order valence-corrected chi connectivity index (χ0v) is 15.8. The van der Waals surface area contributed by atoms with Crippen LogP contribution in [-0.2, 0) is 0 Å². The number of halogens is 2. The molecule has 0 fully saturated rings. The summed E-state index contributed by atoms with van der Waals surface area (Å²) in [6.45, 7) is 0. The predicted molar refractivity (Wildman–Crippen MR) is 113 cm³/mol. The Hall–Kier alpha value is -2.74. The van der Waals surface area contributed by atoms with Gasteiger partial charge in [-0.15, -0.1) is 0 Å². The minimum Gasteiger partial charge on any atom is -0.455 e. The summed E-state index contributed by atoms with van der Waals surface area (Å²) < 4.78 is 6.43. The lowest BCUT2D eigenvalue weighted by Crippen LogP contribution is -2.07. The molecular formula is C24H14Cl2O. The molecule has 27 heavy (non-hydrogen) atoms. The second-order valence-electron chi connectivity index (χ2n) is 6.49. The number of rotatable bonds is 2. The molecule has 130 valence electrons. The van der Waals surface area contributed by atoms with Gasteiger partial charge in [0, 0.05) is 26.6 Å². The molecule has 4 aromatic rings. The van der Waals surface area contributed by atoms with Crippen LogP contribution in [0.2, 0.25) is 10.0 Å². The van der Waals surface area contributed by atoms with Crippen molar-refractivity contribution in [3.63, 3.8) is 0 Å². The molecule has 0 radical (unpaired) electrons. The number of hydrogen-bond donors (Lipinski definition) is 0. The summed E-state index contributed by atoms with van der Waals surface area (Å²) in [6.07, 6.45) is 0. The molecule has 0 atom stereocenters. The maximum atomic E-state index is 6.43. The van der Waals surface area contributed by atoms with Crippen molar-refractivity contribution >= 4 is 45.3 Å². The SMILES string of the molecule is Clc1cccc(C2=C(c3cccc(Cl)c3)c3cccc4cccc(c34)O2)c1. The van der Waals surface area contributed by atoms with E-state index in [1.54, 1.807) is 0 Å². The number of hydrogen-bond acceptors (Lipinski definition) is 1. The van der Waals surface area contributed by atoms with Crippen molar-refractivity contribution in [2.45, 2.75) is 0 Å². The summed E-state index contributed by atoms with van der Waals surface area (Å²) in [4.78, 5) is 0. The van der Waals surface area contributed by atoms with Crippen LogP contribution in [-0.4, -0.2) is 0 Å². The van der Waals surface area contributed by atoms with E-state index in [4.69, 9.17) is 27.9 Å². The van der Waals surface area contributed by atoms with Gasteiger partial charge in [-0.3, -0.25) is 0 Å². The van der Waals surface area contributed by atoms with Crippen LogP contribution in [0.25, 0.3) is 22.1 Å². The van der Waals surface area contributed by atoms with Gasteiger partial charge >= 0.3 is 0 Å². The Balaban J connectivity index is 1.89. The highest BCUT2D eigenvalue weighted by molar-refractivity contribution is 6.31. The van der Waals surface area contributed by atoms with Crippen molar-refractivity contribution < 1.29 is 4.74 Å². The highest BCUT2D eigenvalue weighted by Gasteiger charge is 2.25. The monoisotopic (exact) mass is 388 g/mol. The normalized spacial score (nSPS) is 13.0. The third kappa shape index (κ3) is 2.80. The van der Waals surface area contributed by atoms with E-state index in [1.807, 2.05) is 54.6 Å². The lowest BCUT2D eigenvalue weighted by molar-refractivity contribution is 0.520. The first-order valence-electron chi connectivity index (χ1n) is 8.67. The Morgan fingerprint density at radius 1 is 0.630 bits per heavy atom. The Kier molecular flexibility index (Phi) is 3.93. The van der Waals surface area contributed by atoms with Gasteiger partial charge in [0.25, 0.3) is 0 Å². The van der Waals surface area contributed by atoms with E-state index >= 15 is 0 Å². The van der Waals surface area contributed by atoms with E-state index < -0.39 is 0 Å². The Bertz CT molecular complexity index is 1220. The summed E-state index contributed by atoms with van der Waals surface area (Å²) >= 11 is 12.6. The summed E-state index contributed by atoms with van der Waals surface area (Å²) in [7, 11) is 0. The first kappa shape index (κ1) is 16.4. The zero-order chi connectivity index (χ0) is 18.4. The van der Waals surface area contributed by atoms with Crippen LogP contribution >= 0.6 is 23.2 Å². The molecule has 1 heterocycles. The van der Waals surface area contributed by atoms with Gasteiger partial charge in [-0.2, -0.15) is 0 Å². The smallest absolute Gasteiger partial charge is 0.143 e. The Morgan fingerprint density at radius 3 is 2.00 bits per heavy atom. The maximum absolute atomic E-state index is 6.43. The van der Waals surface area contributed by atoms with Crippen LogP contribution in [0, 0.1) is 0 Å². The highest BCUT2D eigenvalue weighted by atomic mass is 35.5. The molecule has 0 aromatic heterocycles. The van der Waals surface area contributed by atoms with Gasteiger partial charge in [-0.05, 0) is 46.8 Å². The third-order valence-electron chi connectivity index (χ3n) is 4.77. The van der Waals surface area contributed by atoms with Crippen LogP contribution in [0.15, 0.2) is 84.9 Å². The van der Waals surface area contributed by atoms with E-state index in [9.17, 15) is 0 Å². The molecule has 0 saturated heterocycles. The molecule has 0 unspecified atom stereocenters. The lowest BCUT2D eigenvalue weighted by atomic mass is 9.88. The molecule has 1 nitrogen and oxygen atoms in total. The van der Waals surface area contributed by atoms with Crippen LogP contribution in [0.1, 0.15) is 16.7 Å². The van der Waals surface area contributed by atoms with Crippen LogP contribution < -0.4 is 4.74 Å². The Morgan fingerprint density at radius 2 is 1.26 bits per heavy atom. The second-order valence-corrected chi connectivity index (χ2v) is 7.36. The summed E-state index contributed by atoms with van der Waals surface area (Å²) in [5.41, 5.74) is 4.10. The van der Waals surface area contributed by atoms with Crippen molar-refractivity contribution in [3.05, 3.63) is 112 Å². The molecule has 0 saturated carbocycles.